The monoisotopic (exact) mass is 411 g/mol. The number of benzene rings is 2. The van der Waals surface area contributed by atoms with Gasteiger partial charge >= 0.3 is 0 Å². The molecule has 0 aliphatic rings. The predicted octanol–water partition coefficient (Wildman–Crippen LogP) is 2.53. The summed E-state index contributed by atoms with van der Waals surface area (Å²) in [5.41, 5.74) is 1.01. The maximum absolute atomic E-state index is 13.2. The fraction of sp³-hybridized carbons (Fsp3) is 0.200. The lowest BCUT2D eigenvalue weighted by Crippen LogP contribution is -2.33. The highest BCUT2D eigenvalue weighted by molar-refractivity contribution is 8.00. The summed E-state index contributed by atoms with van der Waals surface area (Å²) in [4.78, 5) is 25.3. The van der Waals surface area contributed by atoms with Crippen LogP contribution < -0.4 is 21.5 Å². The summed E-state index contributed by atoms with van der Waals surface area (Å²) in [5.74, 6) is 6.13. The van der Waals surface area contributed by atoms with Crippen molar-refractivity contribution < 1.29 is 9.53 Å². The van der Waals surface area contributed by atoms with Crippen LogP contribution in [0.5, 0.6) is 5.75 Å². The van der Waals surface area contributed by atoms with Crippen LogP contribution in [0, 0.1) is 6.92 Å². The number of nitrogens with zero attached hydrogens (tertiary/aromatic N) is 3. The van der Waals surface area contributed by atoms with Gasteiger partial charge in [-0.05, 0) is 31.5 Å². The van der Waals surface area contributed by atoms with Crippen molar-refractivity contribution in [2.75, 3.05) is 17.8 Å². The van der Waals surface area contributed by atoms with Gasteiger partial charge in [0.15, 0.2) is 0 Å². The molecule has 0 saturated heterocycles. The van der Waals surface area contributed by atoms with Crippen molar-refractivity contribution in [3.05, 3.63) is 76.2 Å². The van der Waals surface area contributed by atoms with Gasteiger partial charge in [-0.1, -0.05) is 54.2 Å². The molecule has 8 nitrogen and oxygen atoms in total. The maximum atomic E-state index is 13.2. The van der Waals surface area contributed by atoms with Crippen molar-refractivity contribution >= 4 is 23.4 Å². The molecule has 29 heavy (non-hydrogen) atoms. The van der Waals surface area contributed by atoms with E-state index in [4.69, 9.17) is 10.6 Å². The number of hydrogen-bond donors (Lipinski definition) is 2. The predicted molar refractivity (Wildman–Crippen MR) is 112 cm³/mol. The quantitative estimate of drug-likeness (QED) is 0.454. The smallest absolute Gasteiger partial charge is 0.294 e. The van der Waals surface area contributed by atoms with Gasteiger partial charge < -0.3 is 15.9 Å². The fourth-order valence-electron chi connectivity index (χ4n) is 2.61. The van der Waals surface area contributed by atoms with E-state index in [0.717, 1.165) is 22.0 Å². The molecular weight excluding hydrogens is 390 g/mol. The number of nitrogen functional groups attached to an aromatic ring is 1. The Morgan fingerprint density at radius 3 is 2.59 bits per heavy atom. The molecule has 1 unspecified atom stereocenters. The molecular formula is C20H21N5O3S. The Labute approximate surface area is 172 Å². The zero-order chi connectivity index (χ0) is 20.8. The third-order valence-electron chi connectivity index (χ3n) is 4.03. The highest BCUT2D eigenvalue weighted by atomic mass is 32.2. The Kier molecular flexibility index (Phi) is 6.50. The number of aryl methyl sites for hydroxylation is 1. The molecule has 0 aliphatic carbocycles. The average Bonchev–Trinajstić information content (AvgIpc) is 2.74. The van der Waals surface area contributed by atoms with Gasteiger partial charge in [0.1, 0.15) is 16.7 Å². The van der Waals surface area contributed by atoms with Crippen LogP contribution in [0.25, 0.3) is 0 Å². The van der Waals surface area contributed by atoms with Crippen LogP contribution in [-0.2, 0) is 4.79 Å². The molecule has 9 heteroatoms. The largest absolute Gasteiger partial charge is 0.492 e. The number of carbonyl (C=O) groups excluding carboxylic acids is 1. The first-order valence-electron chi connectivity index (χ1n) is 8.97. The molecule has 3 rings (SSSR count). The lowest BCUT2D eigenvalue weighted by atomic mass is 10.1. The molecule has 0 saturated carbocycles. The van der Waals surface area contributed by atoms with E-state index in [2.05, 4.69) is 15.5 Å². The van der Waals surface area contributed by atoms with Crippen LogP contribution in [-0.4, -0.2) is 27.4 Å². The molecule has 1 heterocycles. The van der Waals surface area contributed by atoms with Crippen molar-refractivity contribution in [3.8, 4) is 5.75 Å². The standard InChI is InChI=1S/C20H21N5O3S/c1-3-28-16-12-8-7-11-15(16)22-18(26)17(14-9-5-4-6-10-14)29-20-24-23-13(2)19(27)25(20)21/h4-12,17H,3,21H2,1-2H3,(H,22,26). The Hall–Kier alpha value is -3.33. The number of nitrogens with one attached hydrogen (secondary N) is 1. The van der Waals surface area contributed by atoms with E-state index >= 15 is 0 Å². The molecule has 0 bridgehead atoms. The van der Waals surface area contributed by atoms with Crippen LogP contribution in [0.2, 0.25) is 0 Å². The first-order chi connectivity index (χ1) is 14.0. The number of carbonyl (C=O) groups is 1. The molecule has 150 valence electrons. The summed E-state index contributed by atoms with van der Waals surface area (Å²) < 4.78 is 6.49. The van der Waals surface area contributed by atoms with E-state index < -0.39 is 10.8 Å². The number of ether oxygens (including phenoxy) is 1. The van der Waals surface area contributed by atoms with Gasteiger partial charge in [0, 0.05) is 0 Å². The third-order valence-corrected chi connectivity index (χ3v) is 5.24. The van der Waals surface area contributed by atoms with E-state index in [1.807, 2.05) is 49.4 Å². The molecule has 2 aromatic carbocycles. The zero-order valence-electron chi connectivity index (χ0n) is 16.0. The normalized spacial score (nSPS) is 11.7. The Morgan fingerprint density at radius 1 is 1.17 bits per heavy atom. The van der Waals surface area contributed by atoms with Gasteiger partial charge in [-0.2, -0.15) is 4.68 Å². The van der Waals surface area contributed by atoms with Gasteiger partial charge in [0.05, 0.1) is 12.3 Å². The third kappa shape index (κ3) is 4.75. The topological polar surface area (TPSA) is 112 Å². The van der Waals surface area contributed by atoms with E-state index in [-0.39, 0.29) is 16.8 Å². The highest BCUT2D eigenvalue weighted by Crippen LogP contribution is 2.35. The van der Waals surface area contributed by atoms with E-state index in [1.54, 1.807) is 12.1 Å². The van der Waals surface area contributed by atoms with Crippen LogP contribution in [0.1, 0.15) is 23.4 Å². The van der Waals surface area contributed by atoms with Gasteiger partial charge in [-0.15, -0.1) is 10.2 Å². The molecule has 3 aromatic rings. The van der Waals surface area contributed by atoms with E-state index in [9.17, 15) is 9.59 Å². The second-order valence-electron chi connectivity index (χ2n) is 6.07. The fourth-order valence-corrected chi connectivity index (χ4v) is 3.56. The summed E-state index contributed by atoms with van der Waals surface area (Å²) in [6.45, 7) is 3.87. The molecule has 0 radical (unpaired) electrons. The number of anilines is 1. The summed E-state index contributed by atoms with van der Waals surface area (Å²) in [7, 11) is 0. The number of rotatable bonds is 7. The van der Waals surface area contributed by atoms with Crippen molar-refractivity contribution in [2.24, 2.45) is 0 Å². The maximum Gasteiger partial charge on any atom is 0.294 e. The van der Waals surface area contributed by atoms with Crippen LogP contribution in [0.4, 0.5) is 5.69 Å². The first kappa shape index (κ1) is 20.4. The summed E-state index contributed by atoms with van der Waals surface area (Å²) in [6, 6.07) is 16.4. The molecule has 3 N–H and O–H groups in total. The van der Waals surface area contributed by atoms with Crippen molar-refractivity contribution in [1.82, 2.24) is 14.9 Å². The van der Waals surface area contributed by atoms with Crippen molar-refractivity contribution in [1.29, 1.82) is 0 Å². The average molecular weight is 411 g/mol. The number of para-hydroxylation sites is 2. The SMILES string of the molecule is CCOc1ccccc1NC(=O)C(Sc1nnc(C)c(=O)n1N)c1ccccc1. The highest BCUT2D eigenvalue weighted by Gasteiger charge is 2.25. The first-order valence-corrected chi connectivity index (χ1v) is 9.85. The van der Waals surface area contributed by atoms with Crippen LogP contribution in [0.15, 0.2) is 64.5 Å². The minimum absolute atomic E-state index is 0.141. The molecule has 0 spiro atoms. The number of nitrogens with two attached hydrogens (primary N) is 1. The lowest BCUT2D eigenvalue weighted by molar-refractivity contribution is -0.115. The van der Waals surface area contributed by atoms with E-state index in [1.165, 1.54) is 6.92 Å². The summed E-state index contributed by atoms with van der Waals surface area (Å²) >= 11 is 1.05. The molecule has 0 fully saturated rings. The van der Waals surface area contributed by atoms with Crippen LogP contribution in [0.3, 0.4) is 0 Å². The summed E-state index contributed by atoms with van der Waals surface area (Å²) in [5, 5.41) is 10.1. The Balaban J connectivity index is 1.94. The minimum Gasteiger partial charge on any atom is -0.492 e. The zero-order valence-corrected chi connectivity index (χ0v) is 16.8. The van der Waals surface area contributed by atoms with Crippen molar-refractivity contribution in [3.63, 3.8) is 0 Å². The number of thioether (sulfide) groups is 1. The Bertz CT molecular complexity index is 1060. The van der Waals surface area contributed by atoms with E-state index in [0.29, 0.717) is 18.0 Å². The van der Waals surface area contributed by atoms with Gasteiger partial charge in [-0.25, -0.2) is 0 Å². The number of hydrogen-bond acceptors (Lipinski definition) is 7. The number of amides is 1. The van der Waals surface area contributed by atoms with Gasteiger partial charge in [0.2, 0.25) is 11.1 Å². The number of aromatic nitrogens is 3. The molecule has 1 amide bonds. The molecule has 0 aliphatic heterocycles. The second kappa shape index (κ2) is 9.24. The van der Waals surface area contributed by atoms with Crippen molar-refractivity contribution in [2.45, 2.75) is 24.3 Å². The second-order valence-corrected chi connectivity index (χ2v) is 7.14. The van der Waals surface area contributed by atoms with Gasteiger partial charge in [0.25, 0.3) is 5.56 Å². The lowest BCUT2D eigenvalue weighted by Gasteiger charge is -2.18. The summed E-state index contributed by atoms with van der Waals surface area (Å²) in [6.07, 6.45) is 0. The Morgan fingerprint density at radius 2 is 1.86 bits per heavy atom. The van der Waals surface area contributed by atoms with Crippen LogP contribution >= 0.6 is 11.8 Å². The van der Waals surface area contributed by atoms with Gasteiger partial charge in [-0.3, -0.25) is 9.59 Å². The minimum atomic E-state index is -0.711. The molecule has 1 atom stereocenters. The molecule has 1 aromatic heterocycles.